The quantitative estimate of drug-likeness (QED) is 0.782. The highest BCUT2D eigenvalue weighted by Crippen LogP contribution is 2.32. The van der Waals surface area contributed by atoms with E-state index >= 15 is 0 Å². The van der Waals surface area contributed by atoms with E-state index in [4.69, 9.17) is 0 Å². The molecule has 0 aliphatic rings. The maximum absolute atomic E-state index is 4.29. The van der Waals surface area contributed by atoms with E-state index in [0.717, 1.165) is 17.3 Å². The summed E-state index contributed by atoms with van der Waals surface area (Å²) in [4.78, 5) is 1.21. The van der Waals surface area contributed by atoms with Crippen LogP contribution in [0.4, 0.5) is 0 Å². The van der Waals surface area contributed by atoms with Gasteiger partial charge in [-0.1, -0.05) is 31.2 Å². The molecule has 0 saturated heterocycles. The third-order valence-corrected chi connectivity index (χ3v) is 4.43. The first-order chi connectivity index (χ1) is 10.3. The number of aromatic nitrogens is 3. The lowest BCUT2D eigenvalue weighted by Crippen LogP contribution is -2.18. The van der Waals surface area contributed by atoms with E-state index in [-0.39, 0.29) is 0 Å². The van der Waals surface area contributed by atoms with Gasteiger partial charge < -0.3 is 5.32 Å². The van der Waals surface area contributed by atoms with Gasteiger partial charge in [-0.3, -0.25) is 4.40 Å². The maximum atomic E-state index is 4.29. The molecule has 0 radical (unpaired) electrons. The number of hydrogen-bond acceptors (Lipinski definition) is 4. The second-order valence-corrected chi connectivity index (χ2v) is 5.84. The molecule has 108 valence electrons. The van der Waals surface area contributed by atoms with Gasteiger partial charge in [-0.2, -0.15) is 0 Å². The first-order valence-electron chi connectivity index (χ1n) is 7.09. The van der Waals surface area contributed by atoms with Crippen molar-refractivity contribution in [2.24, 2.45) is 0 Å². The van der Waals surface area contributed by atoms with Crippen molar-refractivity contribution in [3.05, 3.63) is 54.2 Å². The molecule has 4 nitrogen and oxygen atoms in total. The van der Waals surface area contributed by atoms with Gasteiger partial charge in [0.15, 0.2) is 10.8 Å². The van der Waals surface area contributed by atoms with Crippen molar-refractivity contribution >= 4 is 17.4 Å². The van der Waals surface area contributed by atoms with Gasteiger partial charge in [0.1, 0.15) is 0 Å². The van der Waals surface area contributed by atoms with Crippen LogP contribution >= 0.6 is 11.8 Å². The minimum absolute atomic E-state index is 0.317. The normalized spacial score (nSPS) is 12.7. The summed E-state index contributed by atoms with van der Waals surface area (Å²) in [5.74, 6) is 0. The minimum atomic E-state index is 0.317. The summed E-state index contributed by atoms with van der Waals surface area (Å²) in [6.45, 7) is 5.26. The second-order valence-electron chi connectivity index (χ2n) is 4.83. The smallest absolute Gasteiger partial charge is 0.200 e. The first kappa shape index (κ1) is 14.1. The fourth-order valence-electron chi connectivity index (χ4n) is 2.33. The van der Waals surface area contributed by atoms with Crippen LogP contribution in [0.5, 0.6) is 0 Å². The highest BCUT2D eigenvalue weighted by Gasteiger charge is 2.13. The Morgan fingerprint density at radius 1 is 1.14 bits per heavy atom. The van der Waals surface area contributed by atoms with Crippen molar-refractivity contribution in [2.45, 2.75) is 29.9 Å². The summed E-state index contributed by atoms with van der Waals surface area (Å²) in [5, 5.41) is 12.8. The summed E-state index contributed by atoms with van der Waals surface area (Å²) in [6.07, 6.45) is 1.99. The van der Waals surface area contributed by atoms with Gasteiger partial charge >= 0.3 is 0 Å². The molecule has 0 spiro atoms. The molecule has 3 rings (SSSR count). The molecule has 0 aliphatic heterocycles. The van der Waals surface area contributed by atoms with Gasteiger partial charge in [-0.25, -0.2) is 0 Å². The molecule has 0 fully saturated rings. The van der Waals surface area contributed by atoms with Crippen molar-refractivity contribution in [1.82, 2.24) is 19.9 Å². The lowest BCUT2D eigenvalue weighted by molar-refractivity contribution is 0.589. The van der Waals surface area contributed by atoms with Crippen LogP contribution in [-0.4, -0.2) is 21.1 Å². The molecule has 1 unspecified atom stereocenters. The predicted octanol–water partition coefficient (Wildman–Crippen LogP) is 3.55. The Bertz CT molecular complexity index is 738. The highest BCUT2D eigenvalue weighted by atomic mass is 32.2. The number of pyridine rings is 1. The number of nitrogens with one attached hydrogen (secondary N) is 1. The molecule has 0 saturated carbocycles. The van der Waals surface area contributed by atoms with Crippen LogP contribution in [0.15, 0.2) is 58.7 Å². The zero-order chi connectivity index (χ0) is 14.7. The van der Waals surface area contributed by atoms with E-state index in [1.54, 1.807) is 11.8 Å². The molecular weight excluding hydrogens is 280 g/mol. The van der Waals surface area contributed by atoms with Gasteiger partial charge in [0.2, 0.25) is 0 Å². The fraction of sp³-hybridized carbons (Fsp3) is 0.250. The minimum Gasteiger partial charge on any atom is -0.310 e. The van der Waals surface area contributed by atoms with E-state index in [1.807, 2.05) is 28.8 Å². The Balaban J connectivity index is 1.95. The Hall–Kier alpha value is -1.85. The van der Waals surface area contributed by atoms with Crippen LogP contribution in [0.2, 0.25) is 0 Å². The molecule has 0 amide bonds. The van der Waals surface area contributed by atoms with Crippen LogP contribution < -0.4 is 5.32 Å². The molecule has 0 bridgehead atoms. The molecule has 3 aromatic rings. The topological polar surface area (TPSA) is 42.2 Å². The molecular formula is C16H18N4S. The predicted molar refractivity (Wildman–Crippen MR) is 85.6 cm³/mol. The third-order valence-electron chi connectivity index (χ3n) is 3.38. The summed E-state index contributed by atoms with van der Waals surface area (Å²) < 4.78 is 2.01. The van der Waals surface area contributed by atoms with Crippen molar-refractivity contribution in [3.8, 4) is 0 Å². The largest absolute Gasteiger partial charge is 0.310 e. The molecule has 1 N–H and O–H groups in total. The van der Waals surface area contributed by atoms with Gasteiger partial charge in [-0.15, -0.1) is 10.2 Å². The van der Waals surface area contributed by atoms with E-state index in [9.17, 15) is 0 Å². The van der Waals surface area contributed by atoms with Crippen LogP contribution in [-0.2, 0) is 0 Å². The van der Waals surface area contributed by atoms with E-state index in [1.165, 1.54) is 10.5 Å². The molecule has 1 atom stereocenters. The summed E-state index contributed by atoms with van der Waals surface area (Å²) in [7, 11) is 0. The zero-order valence-electron chi connectivity index (χ0n) is 12.2. The molecule has 0 aliphatic carbocycles. The average Bonchev–Trinajstić information content (AvgIpc) is 2.91. The second kappa shape index (κ2) is 6.28. The fourth-order valence-corrected chi connectivity index (χ4v) is 3.38. The lowest BCUT2D eigenvalue weighted by atomic mass is 10.1. The average molecular weight is 298 g/mol. The maximum Gasteiger partial charge on any atom is 0.200 e. The lowest BCUT2D eigenvalue weighted by Gasteiger charge is -2.16. The molecule has 1 aromatic carbocycles. The van der Waals surface area contributed by atoms with Crippen LogP contribution in [0.25, 0.3) is 5.65 Å². The summed E-state index contributed by atoms with van der Waals surface area (Å²) in [5.41, 5.74) is 2.16. The zero-order valence-corrected chi connectivity index (χ0v) is 13.0. The Morgan fingerprint density at radius 2 is 1.95 bits per heavy atom. The van der Waals surface area contributed by atoms with Crippen molar-refractivity contribution in [2.75, 3.05) is 6.54 Å². The third kappa shape index (κ3) is 2.94. The Labute approximate surface area is 128 Å². The van der Waals surface area contributed by atoms with Crippen LogP contribution in [0, 0.1) is 0 Å². The Kier molecular flexibility index (Phi) is 4.22. The number of nitrogens with zero attached hydrogens (tertiary/aromatic N) is 3. The monoisotopic (exact) mass is 298 g/mol. The van der Waals surface area contributed by atoms with Crippen LogP contribution in [0.1, 0.15) is 25.5 Å². The molecule has 21 heavy (non-hydrogen) atoms. The number of fused-ring (bicyclic) bond motifs is 1. The molecule has 5 heteroatoms. The summed E-state index contributed by atoms with van der Waals surface area (Å²) in [6, 6.07) is 14.7. The van der Waals surface area contributed by atoms with Gasteiger partial charge in [0.05, 0.1) is 0 Å². The highest BCUT2D eigenvalue weighted by molar-refractivity contribution is 7.99. The van der Waals surface area contributed by atoms with E-state index in [2.05, 4.69) is 53.6 Å². The molecule has 2 heterocycles. The SMILES string of the molecule is CCNC(C)c1ccccc1Sc1nnc2ccccn12. The number of hydrogen-bond donors (Lipinski definition) is 1. The summed E-state index contributed by atoms with van der Waals surface area (Å²) >= 11 is 1.65. The van der Waals surface area contributed by atoms with Gasteiger partial charge in [-0.05, 0) is 49.0 Å². The Morgan fingerprint density at radius 3 is 2.81 bits per heavy atom. The number of rotatable bonds is 5. The van der Waals surface area contributed by atoms with Gasteiger partial charge in [0.25, 0.3) is 0 Å². The van der Waals surface area contributed by atoms with E-state index in [0.29, 0.717) is 6.04 Å². The number of benzene rings is 1. The van der Waals surface area contributed by atoms with Crippen LogP contribution in [0.3, 0.4) is 0 Å². The first-order valence-corrected chi connectivity index (χ1v) is 7.91. The standard InChI is InChI=1S/C16H18N4S/c1-3-17-12(2)13-8-4-5-9-14(13)21-16-19-18-15-10-6-7-11-20(15)16/h4-12,17H,3H2,1-2H3. The van der Waals surface area contributed by atoms with Crippen molar-refractivity contribution in [3.63, 3.8) is 0 Å². The van der Waals surface area contributed by atoms with E-state index < -0.39 is 0 Å². The van der Waals surface area contributed by atoms with Crippen molar-refractivity contribution < 1.29 is 0 Å². The van der Waals surface area contributed by atoms with Crippen molar-refractivity contribution in [1.29, 1.82) is 0 Å². The van der Waals surface area contributed by atoms with Gasteiger partial charge in [0, 0.05) is 17.1 Å². The molecule has 2 aromatic heterocycles.